The van der Waals surface area contributed by atoms with Crippen LogP contribution >= 0.6 is 0 Å². The zero-order chi connectivity index (χ0) is 16.6. The first-order chi connectivity index (χ1) is 12.4. The van der Waals surface area contributed by atoms with Gasteiger partial charge in [-0.1, -0.05) is 43.5 Å². The maximum Gasteiger partial charge on any atom is 0.120 e. The van der Waals surface area contributed by atoms with Crippen LogP contribution in [0.25, 0.3) is 32.3 Å². The van der Waals surface area contributed by atoms with Crippen molar-refractivity contribution in [1.29, 1.82) is 0 Å². The normalized spacial score (nSPS) is 16.3. The van der Waals surface area contributed by atoms with Crippen molar-refractivity contribution < 1.29 is 9.47 Å². The van der Waals surface area contributed by atoms with E-state index in [1.807, 2.05) is 0 Å². The molecule has 0 amide bonds. The largest absolute Gasteiger partial charge is 0.494 e. The molecule has 3 aliphatic heterocycles. The molecular formula is C23H22O2. The molecule has 0 aromatic heterocycles. The van der Waals surface area contributed by atoms with E-state index in [1.165, 1.54) is 51.6 Å². The zero-order valence-corrected chi connectivity index (χ0v) is 14.4. The summed E-state index contributed by atoms with van der Waals surface area (Å²) < 4.78 is 12.1. The highest BCUT2D eigenvalue weighted by Crippen LogP contribution is 2.38. The Hall–Kier alpha value is -2.48. The van der Waals surface area contributed by atoms with Gasteiger partial charge in [0.1, 0.15) is 11.5 Å². The first-order valence-electron chi connectivity index (χ1n) is 9.37. The second-order valence-corrected chi connectivity index (χ2v) is 7.08. The summed E-state index contributed by atoms with van der Waals surface area (Å²) in [5, 5.41) is 7.68. The monoisotopic (exact) mass is 330 g/mol. The van der Waals surface area contributed by atoms with Gasteiger partial charge in [0, 0.05) is 0 Å². The number of fused-ring (bicyclic) bond motifs is 2. The first kappa shape index (κ1) is 14.8. The van der Waals surface area contributed by atoms with Crippen molar-refractivity contribution in [2.75, 3.05) is 13.2 Å². The van der Waals surface area contributed by atoms with Crippen molar-refractivity contribution in [2.45, 2.75) is 32.1 Å². The molecule has 0 aliphatic carbocycles. The number of ether oxygens (including phenoxy) is 2. The van der Waals surface area contributed by atoms with Crippen LogP contribution in [0.2, 0.25) is 0 Å². The minimum absolute atomic E-state index is 0.799. The molecule has 8 bridgehead atoms. The summed E-state index contributed by atoms with van der Waals surface area (Å²) in [5.41, 5.74) is 0. The molecule has 0 N–H and O–H groups in total. The average molecular weight is 330 g/mol. The van der Waals surface area contributed by atoms with E-state index < -0.39 is 0 Å². The average Bonchev–Trinajstić information content (AvgIpc) is 2.64. The van der Waals surface area contributed by atoms with Crippen molar-refractivity contribution >= 4 is 32.3 Å². The summed E-state index contributed by atoms with van der Waals surface area (Å²) in [6.45, 7) is 1.60. The number of hydrogen-bond acceptors (Lipinski definition) is 2. The van der Waals surface area contributed by atoms with E-state index in [1.54, 1.807) is 0 Å². The van der Waals surface area contributed by atoms with Gasteiger partial charge in [0.2, 0.25) is 0 Å². The highest BCUT2D eigenvalue weighted by molar-refractivity contribution is 6.23. The maximum absolute atomic E-state index is 6.05. The van der Waals surface area contributed by atoms with Crippen LogP contribution in [-0.4, -0.2) is 13.2 Å². The molecule has 0 fully saturated rings. The van der Waals surface area contributed by atoms with Crippen LogP contribution in [0.4, 0.5) is 0 Å². The summed E-state index contributed by atoms with van der Waals surface area (Å²) in [7, 11) is 0. The lowest BCUT2D eigenvalue weighted by Gasteiger charge is -2.14. The number of rotatable bonds is 0. The van der Waals surface area contributed by atoms with E-state index >= 15 is 0 Å². The molecular weight excluding hydrogens is 308 g/mol. The van der Waals surface area contributed by atoms with Gasteiger partial charge in [-0.05, 0) is 69.4 Å². The molecule has 0 unspecified atom stereocenters. The van der Waals surface area contributed by atoms with Crippen LogP contribution in [0.3, 0.4) is 0 Å². The van der Waals surface area contributed by atoms with Crippen molar-refractivity contribution in [2.24, 2.45) is 0 Å². The molecule has 126 valence electrons. The Bertz CT molecular complexity index is 885. The molecule has 0 atom stereocenters. The minimum atomic E-state index is 0.799. The molecule has 0 spiro atoms. The molecule has 2 heteroatoms. The standard InChI is InChI=1S/C23H22O2/c1-2-4-10-24-20-12-16-6-8-18-14-21(25-11-5-3-1)15-19-9-7-17(13-20)22(16)23(18)19/h6-9,12-15H,1-5,10-11H2. The van der Waals surface area contributed by atoms with E-state index in [4.69, 9.17) is 9.47 Å². The summed E-state index contributed by atoms with van der Waals surface area (Å²) >= 11 is 0. The Kier molecular flexibility index (Phi) is 3.62. The van der Waals surface area contributed by atoms with Crippen molar-refractivity contribution in [3.63, 3.8) is 0 Å². The molecule has 3 aliphatic rings. The van der Waals surface area contributed by atoms with Crippen LogP contribution in [0.5, 0.6) is 11.5 Å². The van der Waals surface area contributed by atoms with Gasteiger partial charge in [0.25, 0.3) is 0 Å². The Labute approximate surface area is 147 Å². The SMILES string of the molecule is c1cc2cc3cc4ccc5cc(cc1c5c24)OCCCCCCCO3. The van der Waals surface area contributed by atoms with Gasteiger partial charge < -0.3 is 9.47 Å². The maximum atomic E-state index is 6.05. The molecule has 4 aromatic carbocycles. The smallest absolute Gasteiger partial charge is 0.120 e. The second-order valence-electron chi connectivity index (χ2n) is 7.08. The fourth-order valence-corrected chi connectivity index (χ4v) is 4.06. The Morgan fingerprint density at radius 3 is 1.24 bits per heavy atom. The van der Waals surface area contributed by atoms with Crippen LogP contribution in [-0.2, 0) is 0 Å². The Morgan fingerprint density at radius 2 is 0.840 bits per heavy atom. The summed E-state index contributed by atoms with van der Waals surface area (Å²) in [4.78, 5) is 0. The predicted octanol–water partition coefficient (Wildman–Crippen LogP) is 6.31. The highest BCUT2D eigenvalue weighted by Gasteiger charge is 2.11. The number of benzene rings is 4. The third kappa shape index (κ3) is 2.66. The van der Waals surface area contributed by atoms with Crippen LogP contribution in [0.1, 0.15) is 32.1 Å². The molecule has 7 rings (SSSR count). The number of hydrogen-bond donors (Lipinski definition) is 0. The van der Waals surface area contributed by atoms with Gasteiger partial charge >= 0.3 is 0 Å². The van der Waals surface area contributed by atoms with Gasteiger partial charge in [0.05, 0.1) is 13.2 Å². The second kappa shape index (κ2) is 6.11. The van der Waals surface area contributed by atoms with Gasteiger partial charge in [-0.15, -0.1) is 0 Å². The lowest BCUT2D eigenvalue weighted by atomic mass is 9.94. The minimum Gasteiger partial charge on any atom is -0.494 e. The Morgan fingerprint density at radius 1 is 0.480 bits per heavy atom. The topological polar surface area (TPSA) is 18.5 Å². The van der Waals surface area contributed by atoms with Gasteiger partial charge in [0.15, 0.2) is 0 Å². The molecule has 0 saturated heterocycles. The van der Waals surface area contributed by atoms with E-state index in [-0.39, 0.29) is 0 Å². The lowest BCUT2D eigenvalue weighted by molar-refractivity contribution is 0.294. The third-order valence-corrected chi connectivity index (χ3v) is 5.31. The van der Waals surface area contributed by atoms with Crippen molar-refractivity contribution in [3.05, 3.63) is 48.5 Å². The third-order valence-electron chi connectivity index (χ3n) is 5.31. The summed E-state index contributed by atoms with van der Waals surface area (Å²) in [6.07, 6.45) is 5.93. The molecule has 3 heterocycles. The van der Waals surface area contributed by atoms with Crippen LogP contribution < -0.4 is 9.47 Å². The fourth-order valence-electron chi connectivity index (χ4n) is 4.06. The molecule has 2 nitrogen and oxygen atoms in total. The summed E-state index contributed by atoms with van der Waals surface area (Å²) in [5.74, 6) is 1.97. The van der Waals surface area contributed by atoms with E-state index in [0.29, 0.717) is 0 Å². The first-order valence-corrected chi connectivity index (χ1v) is 9.37. The quantitative estimate of drug-likeness (QED) is 0.352. The lowest BCUT2D eigenvalue weighted by Crippen LogP contribution is -1.98. The van der Waals surface area contributed by atoms with Crippen molar-refractivity contribution in [1.82, 2.24) is 0 Å². The zero-order valence-electron chi connectivity index (χ0n) is 14.4. The predicted molar refractivity (Wildman–Crippen MR) is 104 cm³/mol. The van der Waals surface area contributed by atoms with Gasteiger partial charge in [-0.3, -0.25) is 0 Å². The molecule has 25 heavy (non-hydrogen) atoms. The molecule has 4 aromatic rings. The van der Waals surface area contributed by atoms with Crippen LogP contribution in [0.15, 0.2) is 48.5 Å². The van der Waals surface area contributed by atoms with Crippen molar-refractivity contribution in [3.8, 4) is 11.5 Å². The Balaban J connectivity index is 1.73. The molecule has 0 saturated carbocycles. The van der Waals surface area contributed by atoms with E-state index in [2.05, 4.69) is 48.5 Å². The summed E-state index contributed by atoms with van der Waals surface area (Å²) in [6, 6.07) is 17.6. The van der Waals surface area contributed by atoms with E-state index in [0.717, 1.165) is 37.6 Å². The van der Waals surface area contributed by atoms with E-state index in [9.17, 15) is 0 Å². The van der Waals surface area contributed by atoms with Gasteiger partial charge in [-0.25, -0.2) is 0 Å². The van der Waals surface area contributed by atoms with Crippen LogP contribution in [0, 0.1) is 0 Å². The highest BCUT2D eigenvalue weighted by atomic mass is 16.5. The molecule has 0 radical (unpaired) electrons. The fraction of sp³-hybridized carbons (Fsp3) is 0.304. The van der Waals surface area contributed by atoms with Gasteiger partial charge in [-0.2, -0.15) is 0 Å².